The van der Waals surface area contributed by atoms with Gasteiger partial charge in [-0.1, -0.05) is 119 Å². The highest BCUT2D eigenvalue weighted by molar-refractivity contribution is 5.97. The van der Waals surface area contributed by atoms with Crippen LogP contribution < -0.4 is 22.3 Å². The Hall–Kier alpha value is -7.13. The van der Waals surface area contributed by atoms with Gasteiger partial charge < -0.3 is 52.0 Å². The number of primary amides is 2. The summed E-state index contributed by atoms with van der Waals surface area (Å²) in [7, 11) is 0. The molecular formula is C62H103N5O16. The number of aldehydes is 1. The van der Waals surface area contributed by atoms with Crippen molar-refractivity contribution in [1.29, 1.82) is 10.5 Å². The SMILES string of the molecule is CC(=O)/C(C#N)=C/CC(C)C.CC(=O)CC#N.CC(C)CC(CC(=O)O)CC(=O)O.CC(C)CC(CC(N)=O)CC(=O)O.CC(C)CC1CC(=O)OC(=O)C1.CC(C)CC=O.CC(C)C[C@H](CC(N)=O)CC(=O)[O-].CC([NH3+])c1ccccc1. The van der Waals surface area contributed by atoms with E-state index in [-0.39, 0.29) is 97.7 Å². The molecule has 1 heterocycles. The van der Waals surface area contributed by atoms with Gasteiger partial charge in [-0.25, -0.2) is 0 Å². The number of quaternary nitrogens is 1. The molecule has 1 aliphatic heterocycles. The minimum absolute atomic E-state index is 0.0289. The average molecular weight is 1170 g/mol. The van der Waals surface area contributed by atoms with E-state index in [1.165, 1.54) is 19.4 Å². The van der Waals surface area contributed by atoms with Gasteiger partial charge in [0.25, 0.3) is 0 Å². The fraction of sp³-hybridized carbons (Fsp3) is 0.661. The van der Waals surface area contributed by atoms with E-state index in [4.69, 9.17) is 37.3 Å². The van der Waals surface area contributed by atoms with Crippen LogP contribution >= 0.6 is 0 Å². The summed E-state index contributed by atoms with van der Waals surface area (Å²) in [6.45, 7) is 29.1. The number of carboxylic acid groups (broad SMARTS) is 4. The second kappa shape index (κ2) is 54.1. The number of hydrogen-bond acceptors (Lipinski definition) is 15. The van der Waals surface area contributed by atoms with Crippen LogP contribution in [0.3, 0.4) is 0 Å². The van der Waals surface area contributed by atoms with E-state index >= 15 is 0 Å². The number of amides is 2. The van der Waals surface area contributed by atoms with Gasteiger partial charge in [-0.05, 0) is 118 Å². The van der Waals surface area contributed by atoms with Crippen LogP contribution in [-0.2, 0) is 57.5 Å². The number of rotatable bonds is 27. The number of ether oxygens (including phenoxy) is 1. The van der Waals surface area contributed by atoms with E-state index in [1.54, 1.807) is 12.1 Å². The summed E-state index contributed by atoms with van der Waals surface area (Å²) in [6.07, 6.45) is 8.15. The fourth-order valence-electron chi connectivity index (χ4n) is 7.56. The van der Waals surface area contributed by atoms with Crippen molar-refractivity contribution in [2.45, 2.75) is 206 Å². The molecule has 1 aliphatic rings. The van der Waals surface area contributed by atoms with Crippen LogP contribution in [0.1, 0.15) is 212 Å². The number of nitrogens with zero attached hydrogens (tertiary/aromatic N) is 2. The summed E-state index contributed by atoms with van der Waals surface area (Å²) >= 11 is 0. The van der Waals surface area contributed by atoms with Gasteiger partial charge in [0, 0.05) is 62.9 Å². The molecule has 83 heavy (non-hydrogen) atoms. The highest BCUT2D eigenvalue weighted by Crippen LogP contribution is 2.24. The van der Waals surface area contributed by atoms with E-state index < -0.39 is 35.7 Å². The van der Waals surface area contributed by atoms with Crippen LogP contribution in [0.4, 0.5) is 0 Å². The van der Waals surface area contributed by atoms with Gasteiger partial charge in [0.1, 0.15) is 24.2 Å². The summed E-state index contributed by atoms with van der Waals surface area (Å²) in [5.74, 6) is -3.33. The first-order valence-electron chi connectivity index (χ1n) is 28.2. The van der Waals surface area contributed by atoms with Crippen molar-refractivity contribution in [3.63, 3.8) is 0 Å². The molecule has 0 aromatic heterocycles. The minimum Gasteiger partial charge on any atom is -0.550 e. The number of Topliss-reactive ketones (excluding diaryl/α,β-unsaturated/α-hetero) is 2. The zero-order chi connectivity index (χ0) is 66.0. The van der Waals surface area contributed by atoms with Crippen LogP contribution in [0, 0.1) is 81.8 Å². The van der Waals surface area contributed by atoms with Gasteiger partial charge in [-0.2, -0.15) is 10.5 Å². The van der Waals surface area contributed by atoms with Gasteiger partial charge in [0.15, 0.2) is 5.78 Å². The first-order chi connectivity index (χ1) is 38.2. The largest absolute Gasteiger partial charge is 0.550 e. The van der Waals surface area contributed by atoms with Gasteiger partial charge in [-0.3, -0.25) is 43.2 Å². The lowest BCUT2D eigenvalue weighted by molar-refractivity contribution is -0.420. The number of nitrogens with two attached hydrogens (primary N) is 2. The van der Waals surface area contributed by atoms with E-state index in [2.05, 4.69) is 43.4 Å². The number of carbonyl (C=O) groups excluding carboxylic acids is 8. The van der Waals surface area contributed by atoms with Crippen LogP contribution in [0.2, 0.25) is 0 Å². The monoisotopic (exact) mass is 1170 g/mol. The van der Waals surface area contributed by atoms with Crippen molar-refractivity contribution < 1.29 is 83.6 Å². The molecule has 1 aromatic rings. The maximum absolute atomic E-state index is 10.8. The fourth-order valence-corrected chi connectivity index (χ4v) is 7.56. The molecule has 0 radical (unpaired) electrons. The normalized spacial score (nSPS) is 12.7. The molecule has 0 spiro atoms. The van der Waals surface area contributed by atoms with Gasteiger partial charge >= 0.3 is 29.8 Å². The lowest BCUT2D eigenvalue weighted by Gasteiger charge is -2.20. The first kappa shape index (κ1) is 87.1. The summed E-state index contributed by atoms with van der Waals surface area (Å²) in [5, 5.41) is 52.1. The molecule has 1 saturated heterocycles. The second-order valence-corrected chi connectivity index (χ2v) is 23.0. The number of benzene rings is 1. The highest BCUT2D eigenvalue weighted by Gasteiger charge is 2.27. The third kappa shape index (κ3) is 72.9. The Morgan fingerprint density at radius 2 is 1.00 bits per heavy atom. The third-order valence-corrected chi connectivity index (χ3v) is 10.7. The van der Waals surface area contributed by atoms with E-state index in [9.17, 15) is 57.8 Å². The number of carboxylic acids is 4. The maximum Gasteiger partial charge on any atom is 0.313 e. The Balaban J connectivity index is -0.000000207. The first-order valence-corrected chi connectivity index (χ1v) is 28.2. The van der Waals surface area contributed by atoms with Crippen molar-refractivity contribution in [2.24, 2.45) is 70.6 Å². The Bertz CT molecular complexity index is 1990. The molecule has 3 atom stereocenters. The highest BCUT2D eigenvalue weighted by atomic mass is 16.6. The second-order valence-electron chi connectivity index (χ2n) is 23.0. The lowest BCUT2D eigenvalue weighted by Crippen LogP contribution is -2.51. The van der Waals surface area contributed by atoms with Crippen LogP contribution in [-0.4, -0.2) is 80.8 Å². The van der Waals surface area contributed by atoms with E-state index in [1.807, 2.05) is 93.5 Å². The Kier molecular flexibility index (Phi) is 56.8. The van der Waals surface area contributed by atoms with Crippen molar-refractivity contribution in [3.05, 3.63) is 47.5 Å². The molecule has 472 valence electrons. The molecule has 1 fully saturated rings. The predicted molar refractivity (Wildman–Crippen MR) is 314 cm³/mol. The van der Waals surface area contributed by atoms with Crippen molar-refractivity contribution in [2.75, 3.05) is 0 Å². The standard InChI is InChI=1S/2C9H17NO3.C9H13NO.C9H16O4.C9H14O3.C8H11N.C5H10O.C4H5NO/c2*1-6(2)3-7(4-8(10)11)5-9(12)13;1-7(2)4-5-9(6-10)8(3)11;1-6(2)3-7(4-8(10)11)5-9(12)13;1-6(2)3-7-4-8(10)12-9(11)5-7;1-7(9)8-5-3-2-4-6-8;1-5(2)3-4-6;1-4(6)2-3-5/h2*6-7H,3-5H2,1-2H3,(H2,10,11)(H,12,13);5,7H,4H2,1-3H3;6-7H,3-5H2,1-2H3,(H,10,11)(H,12,13);6-7H,3-5H2,1-2H3;2-7H,9H2,1H3;4-5H,3H2,1-2H3;2H2,1H3/b;;9-5+;;;;;/t7-;;;;;;;/m1......./s1. The van der Waals surface area contributed by atoms with Crippen molar-refractivity contribution >= 4 is 65.5 Å². The van der Waals surface area contributed by atoms with Gasteiger partial charge in [-0.15, -0.1) is 0 Å². The van der Waals surface area contributed by atoms with Crippen molar-refractivity contribution in [1.82, 2.24) is 0 Å². The number of carbonyl (C=O) groups is 11. The smallest absolute Gasteiger partial charge is 0.313 e. The molecule has 0 aliphatic carbocycles. The number of ketones is 2. The number of aliphatic carboxylic acids is 4. The molecule has 21 heteroatoms. The predicted octanol–water partition coefficient (Wildman–Crippen LogP) is 8.55. The van der Waals surface area contributed by atoms with Gasteiger partial charge in [0.2, 0.25) is 11.8 Å². The number of nitriles is 2. The zero-order valence-corrected chi connectivity index (χ0v) is 52.4. The molecule has 21 nitrogen and oxygen atoms in total. The van der Waals surface area contributed by atoms with Crippen LogP contribution in [0.15, 0.2) is 42.0 Å². The Morgan fingerprint density at radius 1 is 0.627 bits per heavy atom. The number of cyclic esters (lactones) is 2. The number of hydrogen-bond donors (Lipinski definition) is 6. The number of allylic oxidation sites excluding steroid dienone is 2. The number of esters is 2. The lowest BCUT2D eigenvalue weighted by atomic mass is 9.90. The van der Waals surface area contributed by atoms with Crippen LogP contribution in [0.5, 0.6) is 0 Å². The summed E-state index contributed by atoms with van der Waals surface area (Å²) in [5.41, 5.74) is 15.5. The van der Waals surface area contributed by atoms with Crippen LogP contribution in [0.25, 0.3) is 0 Å². The van der Waals surface area contributed by atoms with Crippen molar-refractivity contribution in [3.8, 4) is 12.1 Å². The molecule has 0 bridgehead atoms. The summed E-state index contributed by atoms with van der Waals surface area (Å²) < 4.78 is 4.42. The molecular weight excluding hydrogens is 1070 g/mol. The molecule has 2 rings (SSSR count). The Labute approximate surface area is 494 Å². The zero-order valence-electron chi connectivity index (χ0n) is 52.4. The average Bonchev–Trinajstić information content (AvgIpc) is 3.28. The summed E-state index contributed by atoms with van der Waals surface area (Å²) in [4.78, 5) is 114. The van der Waals surface area contributed by atoms with Gasteiger partial charge in [0.05, 0.1) is 18.1 Å². The van der Waals surface area contributed by atoms with E-state index in [0.29, 0.717) is 73.7 Å². The van der Waals surface area contributed by atoms with E-state index in [0.717, 1.165) is 25.5 Å². The molecule has 1 aromatic carbocycles. The Morgan fingerprint density at radius 3 is 1.22 bits per heavy atom. The minimum atomic E-state index is -1.12. The molecule has 0 saturated carbocycles. The summed E-state index contributed by atoms with van der Waals surface area (Å²) in [6, 6.07) is 14.3. The topological polar surface area (TPSA) is 408 Å². The molecule has 10 N–H and O–H groups in total. The molecule has 2 unspecified atom stereocenters. The quantitative estimate of drug-likeness (QED) is 0.0158. The maximum atomic E-state index is 10.8. The third-order valence-electron chi connectivity index (χ3n) is 10.7. The molecule has 2 amide bonds.